The standard InChI is InChI=1S/C28H18N4O2S/c29-16-22-27(33)30-26(32(28(22)35)24-12-6-10-17-7-4-5-11-20(17)24)19-13-14-23-21(15-19)25(34-31-23)18-8-2-1-3-9-18/h1-15,26,35H,(H,30,33). The summed E-state index contributed by atoms with van der Waals surface area (Å²) in [6.45, 7) is 0. The lowest BCUT2D eigenvalue weighted by Gasteiger charge is -2.38. The Labute approximate surface area is 206 Å². The second-order valence-corrected chi connectivity index (χ2v) is 8.63. The summed E-state index contributed by atoms with van der Waals surface area (Å²) in [6, 6.07) is 31.4. The number of carbonyl (C=O) groups is 1. The van der Waals surface area contributed by atoms with Crippen molar-refractivity contribution >= 4 is 45.9 Å². The van der Waals surface area contributed by atoms with Crippen LogP contribution in [0.5, 0.6) is 0 Å². The maximum absolute atomic E-state index is 12.9. The van der Waals surface area contributed by atoms with Gasteiger partial charge in [-0.1, -0.05) is 78.0 Å². The fourth-order valence-corrected chi connectivity index (χ4v) is 4.91. The van der Waals surface area contributed by atoms with Gasteiger partial charge in [-0.2, -0.15) is 5.26 Å². The third-order valence-electron chi connectivity index (χ3n) is 6.20. The molecule has 6 nitrogen and oxygen atoms in total. The zero-order valence-electron chi connectivity index (χ0n) is 18.3. The van der Waals surface area contributed by atoms with Crippen molar-refractivity contribution in [3.8, 4) is 17.4 Å². The number of aromatic nitrogens is 1. The van der Waals surface area contributed by atoms with E-state index in [0.29, 0.717) is 16.3 Å². The summed E-state index contributed by atoms with van der Waals surface area (Å²) in [6.07, 6.45) is -0.596. The molecule has 5 aromatic rings. The van der Waals surface area contributed by atoms with Crippen LogP contribution < -0.4 is 10.2 Å². The molecule has 6 rings (SSSR count). The maximum Gasteiger partial charge on any atom is 0.266 e. The average Bonchev–Trinajstić information content (AvgIpc) is 3.32. The molecule has 2 heterocycles. The van der Waals surface area contributed by atoms with Crippen LogP contribution in [0, 0.1) is 11.3 Å². The quantitative estimate of drug-likeness (QED) is 0.316. The minimum absolute atomic E-state index is 0.0338. The molecule has 1 aliphatic heterocycles. The van der Waals surface area contributed by atoms with Crippen LogP contribution in [0.25, 0.3) is 33.0 Å². The number of anilines is 1. The highest BCUT2D eigenvalue weighted by Crippen LogP contribution is 2.40. The molecule has 1 unspecified atom stereocenters. The summed E-state index contributed by atoms with van der Waals surface area (Å²) in [4.78, 5) is 14.8. The maximum atomic E-state index is 12.9. The van der Waals surface area contributed by atoms with E-state index in [1.165, 1.54) is 0 Å². The van der Waals surface area contributed by atoms with E-state index >= 15 is 0 Å². The Bertz CT molecular complexity index is 1680. The van der Waals surface area contributed by atoms with Gasteiger partial charge in [0.2, 0.25) is 0 Å². The van der Waals surface area contributed by atoms with Gasteiger partial charge in [-0.05, 0) is 29.1 Å². The van der Waals surface area contributed by atoms with Crippen LogP contribution in [-0.2, 0) is 4.79 Å². The Morgan fingerprint density at radius 1 is 0.943 bits per heavy atom. The third-order valence-corrected chi connectivity index (χ3v) is 6.63. The Morgan fingerprint density at radius 3 is 2.54 bits per heavy atom. The van der Waals surface area contributed by atoms with E-state index < -0.39 is 12.1 Å². The lowest BCUT2D eigenvalue weighted by molar-refractivity contribution is -0.118. The van der Waals surface area contributed by atoms with Crippen LogP contribution >= 0.6 is 12.6 Å². The highest BCUT2D eigenvalue weighted by molar-refractivity contribution is 7.84. The first-order chi connectivity index (χ1) is 17.2. The number of nitrogens with zero attached hydrogens (tertiary/aromatic N) is 3. The molecule has 0 aliphatic carbocycles. The van der Waals surface area contributed by atoms with Gasteiger partial charge in [0.1, 0.15) is 23.3 Å². The molecule has 1 aliphatic rings. The molecule has 0 fully saturated rings. The van der Waals surface area contributed by atoms with E-state index in [4.69, 9.17) is 4.52 Å². The average molecular weight is 475 g/mol. The van der Waals surface area contributed by atoms with E-state index in [1.807, 2.05) is 102 Å². The fraction of sp³-hybridized carbons (Fsp3) is 0.0357. The van der Waals surface area contributed by atoms with Crippen LogP contribution in [0.1, 0.15) is 11.7 Å². The molecule has 4 aromatic carbocycles. The summed E-state index contributed by atoms with van der Waals surface area (Å²) >= 11 is 4.67. The Balaban J connectivity index is 1.56. The SMILES string of the molecule is N#CC1=C(S)N(c2cccc3ccccc23)C(c2ccc3noc(-c4ccccc4)c3c2)NC1=O. The lowest BCUT2D eigenvalue weighted by atomic mass is 10.0. The number of hydrogen-bond donors (Lipinski definition) is 2. The predicted octanol–water partition coefficient (Wildman–Crippen LogP) is 5.95. The zero-order chi connectivity index (χ0) is 23.9. The van der Waals surface area contributed by atoms with Crippen LogP contribution in [0.3, 0.4) is 0 Å². The molecule has 1 aromatic heterocycles. The molecule has 0 saturated carbocycles. The fourth-order valence-electron chi connectivity index (χ4n) is 4.54. The number of rotatable bonds is 3. The summed E-state index contributed by atoms with van der Waals surface area (Å²) in [7, 11) is 0. The van der Waals surface area contributed by atoms with Gasteiger partial charge in [0.15, 0.2) is 5.76 Å². The molecule has 1 amide bonds. The molecule has 1 atom stereocenters. The van der Waals surface area contributed by atoms with Gasteiger partial charge in [0, 0.05) is 10.9 Å². The Morgan fingerprint density at radius 2 is 1.71 bits per heavy atom. The van der Waals surface area contributed by atoms with Crippen molar-refractivity contribution in [2.75, 3.05) is 4.90 Å². The number of benzene rings is 4. The summed E-state index contributed by atoms with van der Waals surface area (Å²) < 4.78 is 5.67. The molecule has 0 bridgehead atoms. The number of hydrogen-bond acceptors (Lipinski definition) is 6. The van der Waals surface area contributed by atoms with Gasteiger partial charge in [-0.15, -0.1) is 12.6 Å². The molecule has 7 heteroatoms. The molecular formula is C28H18N4O2S. The van der Waals surface area contributed by atoms with Gasteiger partial charge >= 0.3 is 0 Å². The van der Waals surface area contributed by atoms with E-state index in [0.717, 1.165) is 33.0 Å². The van der Waals surface area contributed by atoms with Crippen molar-refractivity contribution in [1.82, 2.24) is 10.5 Å². The molecule has 0 spiro atoms. The molecule has 168 valence electrons. The number of nitriles is 1. The van der Waals surface area contributed by atoms with Gasteiger partial charge in [-0.25, -0.2) is 0 Å². The van der Waals surface area contributed by atoms with E-state index in [1.54, 1.807) is 0 Å². The van der Waals surface area contributed by atoms with E-state index in [-0.39, 0.29) is 5.57 Å². The normalized spacial score (nSPS) is 15.9. The van der Waals surface area contributed by atoms with Crippen molar-refractivity contribution in [2.45, 2.75) is 6.17 Å². The van der Waals surface area contributed by atoms with Crippen molar-refractivity contribution in [1.29, 1.82) is 5.26 Å². The number of carbonyl (C=O) groups excluding carboxylic acids is 1. The zero-order valence-corrected chi connectivity index (χ0v) is 19.2. The first-order valence-electron chi connectivity index (χ1n) is 11.0. The number of thiol groups is 1. The second-order valence-electron chi connectivity index (χ2n) is 8.21. The van der Waals surface area contributed by atoms with Crippen molar-refractivity contribution in [2.24, 2.45) is 0 Å². The van der Waals surface area contributed by atoms with Crippen LogP contribution in [-0.4, -0.2) is 11.1 Å². The topological polar surface area (TPSA) is 82.2 Å². The third kappa shape index (κ3) is 3.43. The highest BCUT2D eigenvalue weighted by atomic mass is 32.1. The predicted molar refractivity (Wildman–Crippen MR) is 138 cm³/mol. The van der Waals surface area contributed by atoms with E-state index in [9.17, 15) is 10.1 Å². The van der Waals surface area contributed by atoms with Gasteiger partial charge in [0.05, 0.1) is 16.1 Å². The summed E-state index contributed by atoms with van der Waals surface area (Å²) in [5.41, 5.74) is 3.23. The minimum Gasteiger partial charge on any atom is -0.355 e. The highest BCUT2D eigenvalue weighted by Gasteiger charge is 2.35. The Kier molecular flexibility index (Phi) is 5.02. The number of nitrogens with one attached hydrogen (secondary N) is 1. The lowest BCUT2D eigenvalue weighted by Crippen LogP contribution is -2.46. The number of amides is 1. The first kappa shape index (κ1) is 21.0. The molecule has 0 radical (unpaired) electrons. The van der Waals surface area contributed by atoms with Gasteiger partial charge < -0.3 is 14.7 Å². The molecule has 35 heavy (non-hydrogen) atoms. The summed E-state index contributed by atoms with van der Waals surface area (Å²) in [5.74, 6) is 0.188. The first-order valence-corrected chi connectivity index (χ1v) is 11.5. The van der Waals surface area contributed by atoms with Crippen molar-refractivity contribution < 1.29 is 9.32 Å². The molecule has 1 N–H and O–H groups in total. The van der Waals surface area contributed by atoms with Crippen LogP contribution in [0.4, 0.5) is 5.69 Å². The van der Waals surface area contributed by atoms with Gasteiger partial charge in [0.25, 0.3) is 5.91 Å². The second kappa shape index (κ2) is 8.35. The van der Waals surface area contributed by atoms with Crippen LogP contribution in [0.15, 0.2) is 106 Å². The number of fused-ring (bicyclic) bond motifs is 2. The van der Waals surface area contributed by atoms with Crippen molar-refractivity contribution in [3.05, 3.63) is 107 Å². The largest absolute Gasteiger partial charge is 0.355 e. The smallest absolute Gasteiger partial charge is 0.266 e. The monoisotopic (exact) mass is 474 g/mol. The summed E-state index contributed by atoms with van der Waals surface area (Å²) in [5, 5.41) is 20.0. The van der Waals surface area contributed by atoms with Gasteiger partial charge in [-0.3, -0.25) is 4.79 Å². The van der Waals surface area contributed by atoms with E-state index in [2.05, 4.69) is 23.1 Å². The van der Waals surface area contributed by atoms with Crippen LogP contribution in [0.2, 0.25) is 0 Å². The van der Waals surface area contributed by atoms with Crippen molar-refractivity contribution in [3.63, 3.8) is 0 Å². The minimum atomic E-state index is -0.596. The molecular weight excluding hydrogens is 456 g/mol. The molecule has 0 saturated heterocycles. The Hall–Kier alpha value is -4.54.